The van der Waals surface area contributed by atoms with Crippen molar-refractivity contribution >= 4 is 33.3 Å². The maximum atomic E-state index is 13.3. The molecule has 0 amide bonds. The highest BCUT2D eigenvalue weighted by Crippen LogP contribution is 2.30. The number of aryl methyl sites for hydroxylation is 1. The molecule has 0 saturated carbocycles. The number of nitrogens with zero attached hydrogens (tertiary/aromatic N) is 3. The van der Waals surface area contributed by atoms with Gasteiger partial charge in [0.1, 0.15) is 10.7 Å². The van der Waals surface area contributed by atoms with Crippen LogP contribution in [0, 0.1) is 12.7 Å². The van der Waals surface area contributed by atoms with Gasteiger partial charge in [-0.2, -0.15) is 0 Å². The summed E-state index contributed by atoms with van der Waals surface area (Å²) in [6.45, 7) is 4.78. The molecule has 2 aromatic carbocycles. The molecule has 0 spiro atoms. The summed E-state index contributed by atoms with van der Waals surface area (Å²) in [6.07, 6.45) is 1.37. The van der Waals surface area contributed by atoms with Crippen molar-refractivity contribution in [3.05, 3.63) is 83.3 Å². The quantitative estimate of drug-likeness (QED) is 0.367. The van der Waals surface area contributed by atoms with Gasteiger partial charge in [0.15, 0.2) is 6.61 Å². The van der Waals surface area contributed by atoms with Crippen LogP contribution in [0.25, 0.3) is 0 Å². The van der Waals surface area contributed by atoms with E-state index in [2.05, 4.69) is 16.8 Å². The van der Waals surface area contributed by atoms with Crippen molar-refractivity contribution in [1.82, 2.24) is 10.2 Å². The van der Waals surface area contributed by atoms with Crippen LogP contribution in [-0.2, 0) is 21.4 Å². The van der Waals surface area contributed by atoms with Crippen LogP contribution in [0.3, 0.4) is 0 Å². The number of hydrogen-bond acceptors (Lipinski definition) is 7. The van der Waals surface area contributed by atoms with Crippen molar-refractivity contribution in [3.63, 3.8) is 0 Å². The average molecular weight is 466 g/mol. The Morgan fingerprint density at radius 2 is 1.97 bits per heavy atom. The van der Waals surface area contributed by atoms with Gasteiger partial charge >= 0.3 is 5.97 Å². The van der Waals surface area contributed by atoms with Crippen LogP contribution in [0.1, 0.15) is 22.1 Å². The Kier molecular flexibility index (Phi) is 6.71. The number of anilines is 1. The number of aromatic nitrogens is 2. The van der Waals surface area contributed by atoms with Crippen molar-refractivity contribution in [2.24, 2.45) is 0 Å². The number of sulfonamides is 1. The van der Waals surface area contributed by atoms with Crippen molar-refractivity contribution in [3.8, 4) is 0 Å². The molecule has 0 radical (unpaired) electrons. The molecule has 0 fully saturated rings. The fraction of sp³-hybridized carbons (Fsp3) is 0.150. The lowest BCUT2D eigenvalue weighted by atomic mass is 10.2. The molecule has 162 valence electrons. The Hall–Kier alpha value is -3.24. The van der Waals surface area contributed by atoms with Crippen molar-refractivity contribution in [2.45, 2.75) is 18.4 Å². The van der Waals surface area contributed by atoms with Crippen LogP contribution >= 0.6 is 11.6 Å². The van der Waals surface area contributed by atoms with E-state index in [9.17, 15) is 17.6 Å². The van der Waals surface area contributed by atoms with Gasteiger partial charge in [0.25, 0.3) is 15.9 Å². The molecule has 31 heavy (non-hydrogen) atoms. The van der Waals surface area contributed by atoms with E-state index in [1.807, 2.05) is 0 Å². The second-order valence-corrected chi connectivity index (χ2v) is 8.48. The fourth-order valence-corrected chi connectivity index (χ4v) is 4.56. The monoisotopic (exact) mass is 465 g/mol. The molecule has 3 aromatic rings. The number of rotatable bonds is 8. The van der Waals surface area contributed by atoms with E-state index in [-0.39, 0.29) is 40.2 Å². The van der Waals surface area contributed by atoms with E-state index < -0.39 is 21.8 Å². The zero-order valence-corrected chi connectivity index (χ0v) is 17.9. The third kappa shape index (κ3) is 5.09. The zero-order chi connectivity index (χ0) is 22.6. The second-order valence-electron chi connectivity index (χ2n) is 6.24. The number of benzene rings is 2. The minimum Gasteiger partial charge on any atom is -0.452 e. The van der Waals surface area contributed by atoms with Gasteiger partial charge in [-0.05, 0) is 42.5 Å². The summed E-state index contributed by atoms with van der Waals surface area (Å²) in [5, 5.41) is 7.24. The van der Waals surface area contributed by atoms with Gasteiger partial charge in [-0.15, -0.1) is 16.8 Å². The summed E-state index contributed by atoms with van der Waals surface area (Å²) in [5.41, 5.74) is 0.161. The maximum Gasteiger partial charge on any atom is 0.338 e. The smallest absolute Gasteiger partial charge is 0.338 e. The number of carbonyl (C=O) groups excluding carboxylic acids is 1. The first kappa shape index (κ1) is 22.4. The minimum absolute atomic E-state index is 0.0446. The fourth-order valence-electron chi connectivity index (χ4n) is 2.62. The predicted octanol–water partition coefficient (Wildman–Crippen LogP) is 3.91. The first-order valence-corrected chi connectivity index (χ1v) is 10.7. The van der Waals surface area contributed by atoms with Crippen LogP contribution in [0.4, 0.5) is 10.1 Å². The number of carbonyl (C=O) groups is 1. The lowest BCUT2D eigenvalue weighted by Crippen LogP contribution is -2.31. The molecule has 3 rings (SSSR count). The average Bonchev–Trinajstić information content (AvgIpc) is 3.16. The number of ether oxygens (including phenoxy) is 1. The first-order valence-electron chi connectivity index (χ1n) is 8.87. The normalized spacial score (nSPS) is 11.2. The van der Waals surface area contributed by atoms with Crippen molar-refractivity contribution in [1.29, 1.82) is 0 Å². The number of hydrogen-bond donors (Lipinski definition) is 0. The predicted molar refractivity (Wildman–Crippen MR) is 111 cm³/mol. The van der Waals surface area contributed by atoms with Gasteiger partial charge in [0.2, 0.25) is 5.89 Å². The van der Waals surface area contributed by atoms with E-state index in [1.54, 1.807) is 6.92 Å². The van der Waals surface area contributed by atoms with E-state index in [0.717, 1.165) is 22.5 Å². The van der Waals surface area contributed by atoms with Crippen LogP contribution < -0.4 is 4.31 Å². The Morgan fingerprint density at radius 3 is 2.58 bits per heavy atom. The lowest BCUT2D eigenvalue weighted by molar-refractivity contribution is 0.0436. The standard InChI is InChI=1S/C20H17ClFN3O5S/c1-3-10-25(16-7-5-15(22)6-8-16)31(27,28)18-11-14(4-9-17(18)21)20(26)29-12-19-24-23-13(2)30-19/h3-9,11H,1,10,12H2,2H3. The highest BCUT2D eigenvalue weighted by atomic mass is 35.5. The highest BCUT2D eigenvalue weighted by molar-refractivity contribution is 7.93. The Morgan fingerprint density at radius 1 is 1.26 bits per heavy atom. The van der Waals surface area contributed by atoms with Gasteiger partial charge in [-0.3, -0.25) is 4.31 Å². The second kappa shape index (κ2) is 9.27. The summed E-state index contributed by atoms with van der Waals surface area (Å²) >= 11 is 6.14. The summed E-state index contributed by atoms with van der Waals surface area (Å²) in [4.78, 5) is 12.1. The molecule has 1 heterocycles. The van der Waals surface area contributed by atoms with Gasteiger partial charge in [0, 0.05) is 6.92 Å². The zero-order valence-electron chi connectivity index (χ0n) is 16.3. The molecule has 0 aliphatic rings. The third-order valence-electron chi connectivity index (χ3n) is 4.04. The first-order chi connectivity index (χ1) is 14.7. The van der Waals surface area contributed by atoms with E-state index >= 15 is 0 Å². The largest absolute Gasteiger partial charge is 0.452 e. The van der Waals surface area contributed by atoms with E-state index in [0.29, 0.717) is 5.89 Å². The molecule has 0 aliphatic carbocycles. The number of halogens is 2. The minimum atomic E-state index is -4.22. The molecule has 1 aromatic heterocycles. The van der Waals surface area contributed by atoms with Crippen LogP contribution in [-0.4, -0.2) is 31.1 Å². The Bertz CT molecular complexity index is 1210. The molecular formula is C20H17ClFN3O5S. The molecule has 11 heteroatoms. The molecule has 0 bridgehead atoms. The summed E-state index contributed by atoms with van der Waals surface area (Å²) in [6, 6.07) is 8.62. The topological polar surface area (TPSA) is 103 Å². The molecule has 0 aliphatic heterocycles. The van der Waals surface area contributed by atoms with Crippen LogP contribution in [0.15, 0.2) is 64.4 Å². The maximum absolute atomic E-state index is 13.3. The van der Waals surface area contributed by atoms with Crippen molar-refractivity contribution in [2.75, 3.05) is 10.8 Å². The SMILES string of the molecule is C=CCN(c1ccc(F)cc1)S(=O)(=O)c1cc(C(=O)OCc2nnc(C)o2)ccc1Cl. The van der Waals surface area contributed by atoms with Gasteiger partial charge in [-0.25, -0.2) is 17.6 Å². The van der Waals surface area contributed by atoms with Gasteiger partial charge in [0.05, 0.1) is 22.8 Å². The molecule has 0 saturated heterocycles. The third-order valence-corrected chi connectivity index (χ3v) is 6.31. The molecule has 0 atom stereocenters. The lowest BCUT2D eigenvalue weighted by Gasteiger charge is -2.24. The van der Waals surface area contributed by atoms with E-state index in [1.165, 1.54) is 30.3 Å². The summed E-state index contributed by atoms with van der Waals surface area (Å²) in [5.74, 6) is -0.907. The molecule has 0 unspecified atom stereocenters. The molecular weight excluding hydrogens is 449 g/mol. The molecule has 0 N–H and O–H groups in total. The van der Waals surface area contributed by atoms with Crippen LogP contribution in [0.2, 0.25) is 5.02 Å². The van der Waals surface area contributed by atoms with Gasteiger partial charge < -0.3 is 9.15 Å². The van der Waals surface area contributed by atoms with E-state index in [4.69, 9.17) is 20.8 Å². The van der Waals surface area contributed by atoms with Crippen molar-refractivity contribution < 1.29 is 26.8 Å². The highest BCUT2D eigenvalue weighted by Gasteiger charge is 2.28. The molecule has 8 nitrogen and oxygen atoms in total. The number of esters is 1. The Balaban J connectivity index is 1.91. The summed E-state index contributed by atoms with van der Waals surface area (Å²) < 4.78 is 51.1. The van der Waals surface area contributed by atoms with Gasteiger partial charge in [-0.1, -0.05) is 17.7 Å². The summed E-state index contributed by atoms with van der Waals surface area (Å²) in [7, 11) is -4.22. The Labute approximate surface area is 183 Å². The van der Waals surface area contributed by atoms with Crippen LogP contribution in [0.5, 0.6) is 0 Å².